The number of Topliss-reactive ketones (excluding diaryl/α,β-unsaturated/α-hetero) is 1. The van der Waals surface area contributed by atoms with Crippen molar-refractivity contribution in [3.8, 4) is 23.3 Å². The van der Waals surface area contributed by atoms with Crippen LogP contribution in [-0.2, 0) is 16.9 Å². The van der Waals surface area contributed by atoms with Crippen LogP contribution >= 0.6 is 11.3 Å². The monoisotopic (exact) mass is 671 g/mol. The van der Waals surface area contributed by atoms with Crippen molar-refractivity contribution in [2.24, 2.45) is 11.5 Å². The molecule has 9 nitrogen and oxygen atoms in total. The number of amides is 1. The minimum atomic E-state index is -1.57. The lowest BCUT2D eigenvalue weighted by atomic mass is 9.69. The third-order valence-electron chi connectivity index (χ3n) is 9.62. The summed E-state index contributed by atoms with van der Waals surface area (Å²) >= 11 is 1.27. The Kier molecular flexibility index (Phi) is 8.59. The molecule has 2 aliphatic rings. The molecule has 7 rings (SSSR count). The van der Waals surface area contributed by atoms with E-state index in [-0.39, 0.29) is 18.6 Å². The van der Waals surface area contributed by atoms with Crippen molar-refractivity contribution >= 4 is 38.8 Å². The zero-order chi connectivity index (χ0) is 34.3. The summed E-state index contributed by atoms with van der Waals surface area (Å²) in [7, 11) is 0. The number of nitrogens with two attached hydrogens (primary N) is 3. The fourth-order valence-corrected chi connectivity index (χ4v) is 8.35. The van der Waals surface area contributed by atoms with Crippen LogP contribution in [0.4, 0.5) is 5.69 Å². The van der Waals surface area contributed by atoms with E-state index in [0.29, 0.717) is 60.2 Å². The van der Waals surface area contributed by atoms with Gasteiger partial charge in [-0.05, 0) is 84.5 Å². The van der Waals surface area contributed by atoms with Gasteiger partial charge >= 0.3 is 0 Å². The summed E-state index contributed by atoms with van der Waals surface area (Å²) in [5.74, 6) is 1.06. The van der Waals surface area contributed by atoms with Crippen molar-refractivity contribution in [3.63, 3.8) is 0 Å². The predicted molar refractivity (Wildman–Crippen MR) is 191 cm³/mol. The maximum atomic E-state index is 14.3. The number of thiophene rings is 1. The highest BCUT2D eigenvalue weighted by Crippen LogP contribution is 2.50. The number of nitrogens with one attached hydrogen (secondary N) is 1. The van der Waals surface area contributed by atoms with Crippen molar-refractivity contribution in [2.75, 3.05) is 5.73 Å². The average molecular weight is 672 g/mol. The molecule has 0 saturated heterocycles. The summed E-state index contributed by atoms with van der Waals surface area (Å²) in [5.41, 5.74) is 23.0. The Balaban J connectivity index is 1.18. The second kappa shape index (κ2) is 13.0. The lowest BCUT2D eigenvalue weighted by molar-refractivity contribution is -0.124. The molecule has 2 unspecified atom stereocenters. The summed E-state index contributed by atoms with van der Waals surface area (Å²) in [5, 5.41) is 13.2. The van der Waals surface area contributed by atoms with E-state index in [1.165, 1.54) is 17.8 Å². The van der Waals surface area contributed by atoms with Crippen LogP contribution in [0.2, 0.25) is 0 Å². The minimum absolute atomic E-state index is 0.103. The number of rotatable bonds is 8. The Morgan fingerprint density at radius 2 is 1.76 bits per heavy atom. The number of carbonyl (C=O) groups excluding carboxylic acids is 2. The van der Waals surface area contributed by atoms with Crippen molar-refractivity contribution in [2.45, 2.75) is 63.3 Å². The van der Waals surface area contributed by atoms with E-state index in [1.807, 2.05) is 43.3 Å². The number of aryl methyl sites for hydroxylation is 1. The average Bonchev–Trinajstić information content (AvgIpc) is 3.52. The molecule has 1 aromatic heterocycles. The number of nitrogen functional groups attached to an aromatic ring is 1. The van der Waals surface area contributed by atoms with E-state index in [9.17, 15) is 14.9 Å². The first-order valence-electron chi connectivity index (χ1n) is 16.4. The molecule has 0 aliphatic heterocycles. The van der Waals surface area contributed by atoms with Crippen molar-refractivity contribution in [3.05, 3.63) is 117 Å². The molecule has 5 aromatic rings. The molecule has 0 bridgehead atoms. The topological polar surface area (TPSA) is 166 Å². The summed E-state index contributed by atoms with van der Waals surface area (Å²) < 4.78 is 12.8. The Bertz CT molecular complexity index is 2150. The van der Waals surface area contributed by atoms with Gasteiger partial charge in [-0.25, -0.2) is 0 Å². The molecule has 49 heavy (non-hydrogen) atoms. The number of hydrogen-bond donors (Lipinski definition) is 4. The molecule has 248 valence electrons. The van der Waals surface area contributed by atoms with Crippen LogP contribution in [0.3, 0.4) is 0 Å². The third kappa shape index (κ3) is 5.80. The van der Waals surface area contributed by atoms with Gasteiger partial charge in [-0.2, -0.15) is 5.26 Å². The van der Waals surface area contributed by atoms with Gasteiger partial charge in [0.05, 0.1) is 21.2 Å². The van der Waals surface area contributed by atoms with Crippen LogP contribution in [0.15, 0.2) is 78.9 Å². The second-order valence-corrected chi connectivity index (χ2v) is 13.9. The number of para-hydroxylation sites is 1. The molecule has 7 N–H and O–H groups in total. The van der Waals surface area contributed by atoms with Crippen LogP contribution in [0, 0.1) is 18.3 Å². The van der Waals surface area contributed by atoms with E-state index in [1.54, 1.807) is 42.5 Å². The van der Waals surface area contributed by atoms with Crippen molar-refractivity contribution in [1.29, 1.82) is 5.26 Å². The Morgan fingerprint density at radius 1 is 1.00 bits per heavy atom. The smallest absolute Gasteiger partial charge is 0.261 e. The number of benzene rings is 4. The van der Waals surface area contributed by atoms with E-state index >= 15 is 0 Å². The highest BCUT2D eigenvalue weighted by molar-refractivity contribution is 7.21. The van der Waals surface area contributed by atoms with Gasteiger partial charge in [0.25, 0.3) is 5.91 Å². The summed E-state index contributed by atoms with van der Waals surface area (Å²) in [6, 6.07) is 24.7. The number of hydrogen-bond acceptors (Lipinski definition) is 9. The molecule has 10 heteroatoms. The van der Waals surface area contributed by atoms with E-state index < -0.39 is 17.4 Å². The van der Waals surface area contributed by atoms with Crippen molar-refractivity contribution in [1.82, 2.24) is 5.32 Å². The van der Waals surface area contributed by atoms with Crippen LogP contribution in [0.5, 0.6) is 17.2 Å². The van der Waals surface area contributed by atoms with E-state index in [0.717, 1.165) is 36.8 Å². The fraction of sp³-hybridized carbons (Fsp3) is 0.256. The van der Waals surface area contributed by atoms with Gasteiger partial charge in [0, 0.05) is 22.7 Å². The maximum absolute atomic E-state index is 14.3. The first-order chi connectivity index (χ1) is 23.7. The zero-order valence-corrected chi connectivity index (χ0v) is 27.9. The second-order valence-electron chi connectivity index (χ2n) is 12.8. The number of ether oxygens (including phenoxy) is 2. The highest BCUT2D eigenvalue weighted by atomic mass is 32.1. The summed E-state index contributed by atoms with van der Waals surface area (Å²) in [6.45, 7) is 2.14. The molecular formula is C39H37N5O4S. The number of carbonyl (C=O) groups is 2. The Morgan fingerprint density at radius 3 is 2.53 bits per heavy atom. The molecule has 1 saturated carbocycles. The van der Waals surface area contributed by atoms with Crippen LogP contribution < -0.4 is 32.0 Å². The molecule has 2 aliphatic carbocycles. The largest absolute Gasteiger partial charge is 0.488 e. The fourth-order valence-electron chi connectivity index (χ4n) is 7.15. The normalized spacial score (nSPS) is 19.0. The standard InChI is InChI=1S/C39H37N5O4S/c1-22-18-27(48-26-12-7-8-23(19-26)21-47-31-13-6-5-9-24(31)20-40)14-15-28(22)39(43)29-16-17-30(41)35-32(29)33(34(42)37(39)45)36(49-35)38(46)44-25-10-3-2-4-11-25/h5-9,12-19,25,34H,2-4,10-11,21,41-43H2,1H3,(H,44,46). The molecule has 2 atom stereocenters. The quantitative estimate of drug-likeness (QED) is 0.130. The summed E-state index contributed by atoms with van der Waals surface area (Å²) in [6.07, 6.45) is 5.22. The minimum Gasteiger partial charge on any atom is -0.488 e. The molecule has 1 fully saturated rings. The van der Waals surface area contributed by atoms with E-state index in [4.69, 9.17) is 26.7 Å². The van der Waals surface area contributed by atoms with Gasteiger partial charge in [-0.15, -0.1) is 11.3 Å². The lowest BCUT2D eigenvalue weighted by Gasteiger charge is -2.37. The number of anilines is 1. The third-order valence-corrected chi connectivity index (χ3v) is 10.9. The lowest BCUT2D eigenvalue weighted by Crippen LogP contribution is -2.53. The van der Waals surface area contributed by atoms with Gasteiger partial charge in [-0.3, -0.25) is 9.59 Å². The number of nitrogens with zero attached hydrogens (tertiary/aromatic N) is 1. The number of ketones is 1. The van der Waals surface area contributed by atoms with Crippen LogP contribution in [0.1, 0.15) is 81.2 Å². The molecule has 1 heterocycles. The van der Waals surface area contributed by atoms with Gasteiger partial charge in [-0.1, -0.05) is 55.7 Å². The molecule has 1 amide bonds. The summed E-state index contributed by atoms with van der Waals surface area (Å²) in [4.78, 5) is 28.3. The predicted octanol–water partition coefficient (Wildman–Crippen LogP) is 6.88. The molecule has 0 radical (unpaired) electrons. The van der Waals surface area contributed by atoms with Gasteiger partial charge in [0.15, 0.2) is 5.78 Å². The van der Waals surface area contributed by atoms with Crippen LogP contribution in [0.25, 0.3) is 10.1 Å². The molecular weight excluding hydrogens is 635 g/mol. The van der Waals surface area contributed by atoms with Gasteiger partial charge in [0.1, 0.15) is 35.5 Å². The van der Waals surface area contributed by atoms with Gasteiger partial charge in [0.2, 0.25) is 0 Å². The van der Waals surface area contributed by atoms with Gasteiger partial charge < -0.3 is 32.0 Å². The zero-order valence-electron chi connectivity index (χ0n) is 27.1. The number of nitriles is 1. The van der Waals surface area contributed by atoms with Crippen molar-refractivity contribution < 1.29 is 19.1 Å². The van der Waals surface area contributed by atoms with Crippen LogP contribution in [-0.4, -0.2) is 17.7 Å². The molecule has 4 aromatic carbocycles. The Labute approximate surface area is 288 Å². The SMILES string of the molecule is Cc1cc(Oc2cccc(COc3ccccc3C#N)c2)ccc1C1(N)C(=O)C(N)c2c(C(=O)NC3CCCCC3)sc3c(N)ccc1c23. The maximum Gasteiger partial charge on any atom is 0.261 e. The Hall–Kier alpha value is -5.21. The first-order valence-corrected chi connectivity index (χ1v) is 17.3. The molecule has 0 spiro atoms. The highest BCUT2D eigenvalue weighted by Gasteiger charge is 2.49. The first kappa shape index (κ1) is 32.3. The van der Waals surface area contributed by atoms with E-state index in [2.05, 4.69) is 11.4 Å².